The molecular formula is C18H19ClN2O2S. The highest BCUT2D eigenvalue weighted by Crippen LogP contribution is 2.16. The van der Waals surface area contributed by atoms with Gasteiger partial charge in [0.15, 0.2) is 5.11 Å². The Balaban J connectivity index is 1.87. The highest BCUT2D eigenvalue weighted by Gasteiger charge is 2.08. The molecule has 0 fully saturated rings. The highest BCUT2D eigenvalue weighted by atomic mass is 35.5. The van der Waals surface area contributed by atoms with Crippen molar-refractivity contribution >= 4 is 40.5 Å². The minimum atomic E-state index is -0.291. The van der Waals surface area contributed by atoms with Crippen molar-refractivity contribution in [1.82, 2.24) is 5.32 Å². The van der Waals surface area contributed by atoms with Gasteiger partial charge >= 0.3 is 0 Å². The van der Waals surface area contributed by atoms with Crippen LogP contribution in [0.3, 0.4) is 0 Å². The molecule has 0 aromatic heterocycles. The number of hydrogen-bond acceptors (Lipinski definition) is 3. The topological polar surface area (TPSA) is 50.4 Å². The zero-order valence-electron chi connectivity index (χ0n) is 13.5. The normalized spacial score (nSPS) is 10.3. The molecular weight excluding hydrogens is 344 g/mol. The van der Waals surface area contributed by atoms with Gasteiger partial charge in [-0.15, -0.1) is 0 Å². The summed E-state index contributed by atoms with van der Waals surface area (Å²) in [6.45, 7) is 4.86. The Labute approximate surface area is 152 Å². The van der Waals surface area contributed by atoms with E-state index in [0.717, 1.165) is 11.4 Å². The van der Waals surface area contributed by atoms with Crippen LogP contribution in [0.15, 0.2) is 48.5 Å². The van der Waals surface area contributed by atoms with Crippen molar-refractivity contribution in [3.05, 3.63) is 59.1 Å². The van der Waals surface area contributed by atoms with Crippen LogP contribution >= 0.6 is 23.8 Å². The summed E-state index contributed by atoms with van der Waals surface area (Å²) >= 11 is 11.0. The average molecular weight is 363 g/mol. The summed E-state index contributed by atoms with van der Waals surface area (Å²) in [7, 11) is 0. The molecule has 126 valence electrons. The summed E-state index contributed by atoms with van der Waals surface area (Å²) in [6.07, 6.45) is 0. The van der Waals surface area contributed by atoms with Gasteiger partial charge in [0.25, 0.3) is 5.91 Å². The maximum atomic E-state index is 12.1. The van der Waals surface area contributed by atoms with Crippen molar-refractivity contribution in [2.24, 2.45) is 5.92 Å². The van der Waals surface area contributed by atoms with E-state index in [4.69, 9.17) is 28.6 Å². The molecule has 2 aromatic carbocycles. The number of carbonyl (C=O) groups excluding carboxylic acids is 1. The van der Waals surface area contributed by atoms with Crippen molar-refractivity contribution in [3.63, 3.8) is 0 Å². The maximum Gasteiger partial charge on any atom is 0.257 e. The first-order chi connectivity index (χ1) is 11.4. The second-order valence-corrected chi connectivity index (χ2v) is 6.49. The van der Waals surface area contributed by atoms with Crippen molar-refractivity contribution in [1.29, 1.82) is 0 Å². The van der Waals surface area contributed by atoms with Crippen LogP contribution < -0.4 is 15.4 Å². The number of hydrogen-bond donors (Lipinski definition) is 2. The molecule has 6 heteroatoms. The quantitative estimate of drug-likeness (QED) is 0.769. The predicted octanol–water partition coefficient (Wildman–Crippen LogP) is 4.50. The first-order valence-electron chi connectivity index (χ1n) is 7.55. The van der Waals surface area contributed by atoms with Crippen LogP contribution in [0.25, 0.3) is 0 Å². The number of anilines is 1. The minimum Gasteiger partial charge on any atom is -0.493 e. The van der Waals surface area contributed by atoms with E-state index in [1.54, 1.807) is 24.3 Å². The summed E-state index contributed by atoms with van der Waals surface area (Å²) in [5.41, 5.74) is 1.26. The molecule has 0 aliphatic rings. The molecule has 0 spiro atoms. The van der Waals surface area contributed by atoms with Crippen molar-refractivity contribution < 1.29 is 9.53 Å². The summed E-state index contributed by atoms with van der Waals surface area (Å²) in [6, 6.07) is 14.0. The number of thiocarbonyl (C=S) groups is 1. The van der Waals surface area contributed by atoms with Crippen LogP contribution in [-0.4, -0.2) is 17.6 Å². The minimum absolute atomic E-state index is 0.228. The Morgan fingerprint density at radius 1 is 1.12 bits per heavy atom. The molecule has 0 radical (unpaired) electrons. The van der Waals surface area contributed by atoms with Crippen molar-refractivity contribution in [2.75, 3.05) is 11.9 Å². The summed E-state index contributed by atoms with van der Waals surface area (Å²) in [4.78, 5) is 12.1. The molecule has 0 aliphatic carbocycles. The van der Waals surface area contributed by atoms with E-state index in [0.29, 0.717) is 23.1 Å². The summed E-state index contributed by atoms with van der Waals surface area (Å²) in [5.74, 6) is 0.977. The Kier molecular flexibility index (Phi) is 6.58. The van der Waals surface area contributed by atoms with Crippen LogP contribution in [0.1, 0.15) is 24.2 Å². The highest BCUT2D eigenvalue weighted by molar-refractivity contribution is 7.80. The number of carbonyl (C=O) groups is 1. The smallest absolute Gasteiger partial charge is 0.257 e. The number of amides is 1. The van der Waals surface area contributed by atoms with Gasteiger partial charge in [-0.25, -0.2) is 0 Å². The second-order valence-electron chi connectivity index (χ2n) is 5.64. The lowest BCUT2D eigenvalue weighted by Gasteiger charge is -2.11. The van der Waals surface area contributed by atoms with Crippen LogP contribution in [0.5, 0.6) is 5.75 Å². The van der Waals surface area contributed by atoms with Gasteiger partial charge in [-0.2, -0.15) is 0 Å². The fraction of sp³-hybridized carbons (Fsp3) is 0.222. The number of nitrogens with one attached hydrogen (secondary N) is 2. The third-order valence-corrected chi connectivity index (χ3v) is 3.49. The standard InChI is InChI=1S/C18H19ClN2O2S/c1-12(2)11-23-16-9-7-15(8-10-16)20-18(24)21-17(22)13-3-5-14(19)6-4-13/h3-10,12H,11H2,1-2H3,(H2,20,21,22,24). The lowest BCUT2D eigenvalue weighted by Crippen LogP contribution is -2.34. The van der Waals surface area contributed by atoms with Crippen LogP contribution in [-0.2, 0) is 0 Å². The number of rotatable bonds is 5. The van der Waals surface area contributed by atoms with Gasteiger partial charge in [0.2, 0.25) is 0 Å². The molecule has 4 nitrogen and oxygen atoms in total. The van der Waals surface area contributed by atoms with Gasteiger partial charge in [-0.05, 0) is 66.7 Å². The monoisotopic (exact) mass is 362 g/mol. The fourth-order valence-corrected chi connectivity index (χ4v) is 2.17. The molecule has 2 rings (SSSR count). The Hall–Kier alpha value is -2.11. The van der Waals surface area contributed by atoms with Gasteiger partial charge in [0.05, 0.1) is 6.61 Å². The Morgan fingerprint density at radius 3 is 2.33 bits per heavy atom. The van der Waals surface area contributed by atoms with Gasteiger partial charge in [-0.3, -0.25) is 10.1 Å². The van der Waals surface area contributed by atoms with Crippen molar-refractivity contribution in [2.45, 2.75) is 13.8 Å². The van der Waals surface area contributed by atoms with Crippen LogP contribution in [0.2, 0.25) is 5.02 Å². The number of ether oxygens (including phenoxy) is 1. The first kappa shape index (κ1) is 18.2. The predicted molar refractivity (Wildman–Crippen MR) is 102 cm³/mol. The zero-order valence-corrected chi connectivity index (χ0v) is 15.1. The Morgan fingerprint density at radius 2 is 1.75 bits per heavy atom. The summed E-state index contributed by atoms with van der Waals surface area (Å²) in [5, 5.41) is 6.39. The van der Waals surface area contributed by atoms with E-state index in [2.05, 4.69) is 24.5 Å². The van der Waals surface area contributed by atoms with Gasteiger partial charge in [0, 0.05) is 16.3 Å². The molecule has 0 saturated heterocycles. The molecule has 0 atom stereocenters. The van der Waals surface area contributed by atoms with Crippen LogP contribution in [0, 0.1) is 5.92 Å². The number of halogens is 1. The third-order valence-electron chi connectivity index (χ3n) is 3.03. The zero-order chi connectivity index (χ0) is 17.5. The molecule has 0 bridgehead atoms. The number of benzene rings is 2. The molecule has 24 heavy (non-hydrogen) atoms. The van der Waals surface area contributed by atoms with E-state index < -0.39 is 0 Å². The molecule has 0 heterocycles. The second kappa shape index (κ2) is 8.66. The van der Waals surface area contributed by atoms with E-state index in [9.17, 15) is 4.79 Å². The lowest BCUT2D eigenvalue weighted by atomic mass is 10.2. The molecule has 0 saturated carbocycles. The van der Waals surface area contributed by atoms with E-state index in [1.165, 1.54) is 0 Å². The lowest BCUT2D eigenvalue weighted by molar-refractivity contribution is 0.0978. The molecule has 0 aliphatic heterocycles. The largest absolute Gasteiger partial charge is 0.493 e. The van der Waals surface area contributed by atoms with E-state index in [-0.39, 0.29) is 11.0 Å². The van der Waals surface area contributed by atoms with E-state index in [1.807, 2.05) is 24.3 Å². The fourth-order valence-electron chi connectivity index (χ4n) is 1.84. The molecule has 2 N–H and O–H groups in total. The summed E-state index contributed by atoms with van der Waals surface area (Å²) < 4.78 is 5.62. The third kappa shape index (κ3) is 5.83. The Bertz CT molecular complexity index is 700. The molecule has 1 amide bonds. The van der Waals surface area contributed by atoms with Gasteiger partial charge < -0.3 is 10.1 Å². The van der Waals surface area contributed by atoms with Crippen molar-refractivity contribution in [3.8, 4) is 5.75 Å². The van der Waals surface area contributed by atoms with E-state index >= 15 is 0 Å². The van der Waals surface area contributed by atoms with Gasteiger partial charge in [0.1, 0.15) is 5.75 Å². The molecule has 0 unspecified atom stereocenters. The average Bonchev–Trinajstić information content (AvgIpc) is 2.54. The molecule has 2 aromatic rings. The SMILES string of the molecule is CC(C)COc1ccc(NC(=S)NC(=O)c2ccc(Cl)cc2)cc1. The van der Waals surface area contributed by atoms with Crippen LogP contribution in [0.4, 0.5) is 5.69 Å². The first-order valence-corrected chi connectivity index (χ1v) is 8.33. The maximum absolute atomic E-state index is 12.1. The van der Waals surface area contributed by atoms with Gasteiger partial charge in [-0.1, -0.05) is 25.4 Å².